The lowest BCUT2D eigenvalue weighted by Crippen LogP contribution is -2.43. The summed E-state index contributed by atoms with van der Waals surface area (Å²) in [5.41, 5.74) is -4.85. The SMILES string of the molecule is COc1ccc(-c2nc(CN3C(=O)N(c4ccc(SC(F)(F)F)cc4)C(=O)C3(C)C)no2)cc1. The number of carbonyl (C=O) groups excluding carboxylic acids is 2. The molecule has 0 spiro atoms. The maximum atomic E-state index is 13.1. The molecule has 3 aromatic rings. The number of hydrogen-bond acceptors (Lipinski definition) is 7. The molecule has 0 bridgehead atoms. The second-order valence-corrected chi connectivity index (χ2v) is 8.99. The number of amides is 3. The van der Waals surface area contributed by atoms with Crippen molar-refractivity contribution in [2.24, 2.45) is 0 Å². The van der Waals surface area contributed by atoms with Crippen LogP contribution in [0.4, 0.5) is 23.7 Å². The molecule has 0 unspecified atom stereocenters. The molecule has 8 nitrogen and oxygen atoms in total. The zero-order valence-electron chi connectivity index (χ0n) is 18.3. The average molecular weight is 492 g/mol. The van der Waals surface area contributed by atoms with E-state index >= 15 is 0 Å². The second kappa shape index (κ2) is 8.67. The van der Waals surface area contributed by atoms with Crippen LogP contribution in [0.15, 0.2) is 57.9 Å². The fourth-order valence-corrected chi connectivity index (χ4v) is 3.98. The first-order valence-corrected chi connectivity index (χ1v) is 10.8. The van der Waals surface area contributed by atoms with Crippen molar-refractivity contribution in [3.05, 3.63) is 54.4 Å². The molecular formula is C22H19F3N4O4S. The number of alkyl halides is 3. The summed E-state index contributed by atoms with van der Waals surface area (Å²) in [6, 6.07) is 11.4. The zero-order valence-corrected chi connectivity index (χ0v) is 19.1. The van der Waals surface area contributed by atoms with Crippen LogP contribution in [-0.2, 0) is 11.3 Å². The Labute approximate surface area is 196 Å². The third kappa shape index (κ3) is 4.58. The van der Waals surface area contributed by atoms with E-state index in [1.54, 1.807) is 45.2 Å². The first-order valence-electron chi connectivity index (χ1n) is 9.98. The molecule has 0 aliphatic carbocycles. The minimum absolute atomic E-state index is 0.0516. The van der Waals surface area contributed by atoms with Gasteiger partial charge in [0.05, 0.1) is 19.3 Å². The van der Waals surface area contributed by atoms with Crippen molar-refractivity contribution in [2.75, 3.05) is 12.0 Å². The van der Waals surface area contributed by atoms with Gasteiger partial charge in [0.15, 0.2) is 5.82 Å². The Bertz CT molecular complexity index is 1210. The van der Waals surface area contributed by atoms with Gasteiger partial charge in [0.25, 0.3) is 11.8 Å². The van der Waals surface area contributed by atoms with Gasteiger partial charge in [-0.1, -0.05) is 5.16 Å². The van der Waals surface area contributed by atoms with Crippen molar-refractivity contribution < 1.29 is 32.0 Å². The van der Waals surface area contributed by atoms with E-state index in [0.717, 1.165) is 4.90 Å². The minimum Gasteiger partial charge on any atom is -0.497 e. The molecule has 1 aliphatic rings. The van der Waals surface area contributed by atoms with Crippen molar-refractivity contribution in [2.45, 2.75) is 36.3 Å². The van der Waals surface area contributed by atoms with Crippen molar-refractivity contribution in [3.8, 4) is 17.2 Å². The number of aromatic nitrogens is 2. The highest BCUT2D eigenvalue weighted by molar-refractivity contribution is 8.00. The Morgan fingerprint density at radius 2 is 1.71 bits per heavy atom. The molecule has 3 amide bonds. The zero-order chi connectivity index (χ0) is 24.7. The number of rotatable bonds is 6. The molecule has 2 aromatic carbocycles. The highest BCUT2D eigenvalue weighted by Crippen LogP contribution is 2.39. The van der Waals surface area contributed by atoms with Crippen molar-refractivity contribution in [1.82, 2.24) is 15.0 Å². The molecule has 4 rings (SSSR count). The van der Waals surface area contributed by atoms with Gasteiger partial charge in [-0.2, -0.15) is 18.2 Å². The lowest BCUT2D eigenvalue weighted by molar-refractivity contribution is -0.123. The molecular weight excluding hydrogens is 473 g/mol. The van der Waals surface area contributed by atoms with Crippen LogP contribution < -0.4 is 9.64 Å². The molecule has 1 saturated heterocycles. The van der Waals surface area contributed by atoms with E-state index in [1.165, 1.54) is 29.2 Å². The number of ether oxygens (including phenoxy) is 1. The molecule has 0 radical (unpaired) electrons. The molecule has 2 heterocycles. The van der Waals surface area contributed by atoms with Gasteiger partial charge in [-0.3, -0.25) is 4.79 Å². The Kier molecular flexibility index (Phi) is 6.02. The summed E-state index contributed by atoms with van der Waals surface area (Å²) >= 11 is -0.275. The summed E-state index contributed by atoms with van der Waals surface area (Å²) in [6.45, 7) is 3.05. The number of hydrogen-bond donors (Lipinski definition) is 0. The monoisotopic (exact) mass is 492 g/mol. The Balaban J connectivity index is 1.54. The van der Waals surface area contributed by atoms with Crippen molar-refractivity contribution >= 4 is 29.4 Å². The van der Waals surface area contributed by atoms with Crippen LogP contribution in [0.2, 0.25) is 0 Å². The van der Waals surface area contributed by atoms with E-state index < -0.39 is 23.0 Å². The van der Waals surface area contributed by atoms with E-state index in [1.807, 2.05) is 0 Å². The number of anilines is 1. The first-order chi connectivity index (χ1) is 16.0. The molecule has 1 fully saturated rings. The van der Waals surface area contributed by atoms with E-state index in [4.69, 9.17) is 9.26 Å². The van der Waals surface area contributed by atoms with Crippen LogP contribution >= 0.6 is 11.8 Å². The number of methoxy groups -OCH3 is 1. The third-order valence-corrected chi connectivity index (χ3v) is 6.00. The number of thioether (sulfide) groups is 1. The molecule has 1 aromatic heterocycles. The van der Waals surface area contributed by atoms with Crippen LogP contribution in [0, 0.1) is 0 Å². The third-order valence-electron chi connectivity index (χ3n) is 5.26. The number of halogens is 3. The minimum atomic E-state index is -4.44. The number of imide groups is 1. The summed E-state index contributed by atoms with van der Waals surface area (Å²) in [4.78, 5) is 32.7. The van der Waals surface area contributed by atoms with Crippen LogP contribution in [0.5, 0.6) is 5.75 Å². The maximum absolute atomic E-state index is 13.1. The summed E-state index contributed by atoms with van der Waals surface area (Å²) in [7, 11) is 1.55. The van der Waals surface area contributed by atoms with E-state index in [2.05, 4.69) is 10.1 Å². The van der Waals surface area contributed by atoms with Gasteiger partial charge < -0.3 is 14.2 Å². The van der Waals surface area contributed by atoms with E-state index in [-0.39, 0.29) is 40.6 Å². The quantitative estimate of drug-likeness (QED) is 0.349. The Morgan fingerprint density at radius 1 is 1.06 bits per heavy atom. The number of carbonyl (C=O) groups is 2. The summed E-state index contributed by atoms with van der Waals surface area (Å²) in [5, 5.41) is 3.92. The number of urea groups is 1. The van der Waals surface area contributed by atoms with Gasteiger partial charge in [-0.15, -0.1) is 0 Å². The molecule has 34 heavy (non-hydrogen) atoms. The van der Waals surface area contributed by atoms with E-state index in [9.17, 15) is 22.8 Å². The number of nitrogens with zero attached hydrogens (tertiary/aromatic N) is 4. The molecule has 0 N–H and O–H groups in total. The normalized spacial score (nSPS) is 15.8. The molecule has 178 valence electrons. The molecule has 0 atom stereocenters. The predicted molar refractivity (Wildman–Crippen MR) is 117 cm³/mol. The number of benzene rings is 2. The Hall–Kier alpha value is -3.54. The highest BCUT2D eigenvalue weighted by atomic mass is 32.2. The lowest BCUT2D eigenvalue weighted by Gasteiger charge is -2.26. The van der Waals surface area contributed by atoms with E-state index in [0.29, 0.717) is 11.3 Å². The maximum Gasteiger partial charge on any atom is 0.446 e. The molecule has 0 saturated carbocycles. The van der Waals surface area contributed by atoms with Gasteiger partial charge in [-0.05, 0) is 74.1 Å². The fraction of sp³-hybridized carbons (Fsp3) is 0.273. The first kappa shape index (κ1) is 23.6. The molecule has 12 heteroatoms. The van der Waals surface area contributed by atoms with Crippen molar-refractivity contribution in [3.63, 3.8) is 0 Å². The highest BCUT2D eigenvalue weighted by Gasteiger charge is 2.52. The lowest BCUT2D eigenvalue weighted by atomic mass is 10.0. The predicted octanol–water partition coefficient (Wildman–Crippen LogP) is 5.10. The van der Waals surface area contributed by atoms with Gasteiger partial charge in [0.2, 0.25) is 0 Å². The fourth-order valence-electron chi connectivity index (χ4n) is 3.44. The van der Waals surface area contributed by atoms with Crippen LogP contribution in [0.3, 0.4) is 0 Å². The van der Waals surface area contributed by atoms with Crippen LogP contribution in [0.25, 0.3) is 11.5 Å². The van der Waals surface area contributed by atoms with Gasteiger partial charge in [-0.25, -0.2) is 9.69 Å². The summed E-state index contributed by atoms with van der Waals surface area (Å²) in [5.74, 6) is 0.575. The second-order valence-electron chi connectivity index (χ2n) is 7.85. The smallest absolute Gasteiger partial charge is 0.446 e. The van der Waals surface area contributed by atoms with Gasteiger partial charge in [0.1, 0.15) is 11.3 Å². The Morgan fingerprint density at radius 3 is 2.29 bits per heavy atom. The topological polar surface area (TPSA) is 88.8 Å². The van der Waals surface area contributed by atoms with Gasteiger partial charge in [0, 0.05) is 10.5 Å². The van der Waals surface area contributed by atoms with Crippen LogP contribution in [0.1, 0.15) is 19.7 Å². The van der Waals surface area contributed by atoms with Crippen molar-refractivity contribution in [1.29, 1.82) is 0 Å². The van der Waals surface area contributed by atoms with Crippen LogP contribution in [-0.4, -0.2) is 45.1 Å². The largest absolute Gasteiger partial charge is 0.497 e. The summed E-state index contributed by atoms with van der Waals surface area (Å²) in [6.07, 6.45) is 0. The molecule has 1 aliphatic heterocycles. The van der Waals surface area contributed by atoms with Gasteiger partial charge >= 0.3 is 11.5 Å². The summed E-state index contributed by atoms with van der Waals surface area (Å²) < 4.78 is 48.2. The standard InChI is InChI=1S/C22H19F3N4O4S/c1-21(2)19(30)29(14-6-10-16(11-7-14)34-22(23,24)25)20(31)28(21)12-17-26-18(33-27-17)13-4-8-15(32-3)9-5-13/h4-11H,12H2,1-3H3. The average Bonchev–Trinajstić information content (AvgIpc) is 3.31.